The number of hydrogen-bond donors (Lipinski definition) is 2. The number of nitrogens with zero attached hydrogens (tertiary/aromatic N) is 2. The van der Waals surface area contributed by atoms with Gasteiger partial charge in [-0.05, 0) is 48.0 Å². The van der Waals surface area contributed by atoms with Gasteiger partial charge in [0, 0.05) is 41.9 Å². The molecule has 6 heteroatoms. The monoisotopic (exact) mass is 440 g/mol. The van der Waals surface area contributed by atoms with Crippen LogP contribution in [0.3, 0.4) is 0 Å². The van der Waals surface area contributed by atoms with Gasteiger partial charge >= 0.3 is 0 Å². The van der Waals surface area contributed by atoms with Gasteiger partial charge in [0.2, 0.25) is 5.91 Å². The van der Waals surface area contributed by atoms with Crippen LogP contribution < -0.4 is 10.6 Å². The Labute approximate surface area is 192 Å². The van der Waals surface area contributed by atoms with Crippen LogP contribution in [-0.4, -0.2) is 22.4 Å². The Morgan fingerprint density at radius 2 is 1.53 bits per heavy atom. The Morgan fingerprint density at radius 3 is 2.28 bits per heavy atom. The van der Waals surface area contributed by atoms with E-state index in [2.05, 4.69) is 32.7 Å². The second kappa shape index (κ2) is 11.1. The lowest BCUT2D eigenvalue weighted by Crippen LogP contribution is -2.16. The van der Waals surface area contributed by atoms with Crippen LogP contribution in [0.5, 0.6) is 0 Å². The van der Waals surface area contributed by atoms with E-state index >= 15 is 0 Å². The summed E-state index contributed by atoms with van der Waals surface area (Å²) in [6.45, 7) is 0.586. The number of hydrogen-bond acceptors (Lipinski definition) is 5. The molecule has 0 bridgehead atoms. The Bertz CT molecular complexity index is 1140. The van der Waals surface area contributed by atoms with Crippen molar-refractivity contribution in [2.45, 2.75) is 22.8 Å². The maximum absolute atomic E-state index is 12.2. The van der Waals surface area contributed by atoms with Gasteiger partial charge in [-0.15, -0.1) is 0 Å². The minimum Gasteiger partial charge on any atom is -0.385 e. The Morgan fingerprint density at radius 1 is 0.812 bits per heavy atom. The molecule has 0 aliphatic carbocycles. The van der Waals surface area contributed by atoms with Crippen molar-refractivity contribution in [2.24, 2.45) is 0 Å². The van der Waals surface area contributed by atoms with E-state index in [-0.39, 0.29) is 5.91 Å². The normalized spacial score (nSPS) is 10.5. The highest BCUT2D eigenvalue weighted by atomic mass is 32.2. The molecule has 2 N–H and O–H groups in total. The van der Waals surface area contributed by atoms with Crippen molar-refractivity contribution in [1.29, 1.82) is 0 Å². The van der Waals surface area contributed by atoms with Gasteiger partial charge in [0.25, 0.3) is 0 Å². The number of anilines is 2. The number of nitrogens with one attached hydrogen (secondary N) is 2. The summed E-state index contributed by atoms with van der Waals surface area (Å²) in [5.41, 5.74) is 2.98. The van der Waals surface area contributed by atoms with Gasteiger partial charge in [0.1, 0.15) is 10.9 Å². The molecule has 4 rings (SSSR count). The fraction of sp³-hybridized carbons (Fsp3) is 0.115. The van der Waals surface area contributed by atoms with Crippen LogP contribution in [0.15, 0.2) is 107 Å². The van der Waals surface area contributed by atoms with Crippen LogP contribution in [0.25, 0.3) is 0 Å². The average Bonchev–Trinajstić information content (AvgIpc) is 2.82. The standard InChI is InChI=1S/C26H24N4OS/c31-25(15-17-27-21-9-5-2-6-10-21)29-22-11-13-23(14-12-22)32-26-16-18-28-24(30-26)19-20-7-3-1-4-8-20/h1-14,16,18,27H,15,17,19H2,(H,29,31). The van der Waals surface area contributed by atoms with E-state index in [1.807, 2.05) is 78.9 Å². The number of aromatic nitrogens is 2. The topological polar surface area (TPSA) is 66.9 Å². The number of amides is 1. The molecule has 0 saturated heterocycles. The second-order valence-electron chi connectivity index (χ2n) is 7.19. The molecule has 5 nitrogen and oxygen atoms in total. The summed E-state index contributed by atoms with van der Waals surface area (Å²) in [7, 11) is 0. The first kappa shape index (κ1) is 21.6. The number of carbonyl (C=O) groups excluding carboxylic acids is 1. The molecule has 1 aromatic heterocycles. The number of benzene rings is 3. The predicted molar refractivity (Wildman–Crippen MR) is 130 cm³/mol. The quantitative estimate of drug-likeness (QED) is 0.329. The van der Waals surface area contributed by atoms with Crippen molar-refractivity contribution in [3.63, 3.8) is 0 Å². The smallest absolute Gasteiger partial charge is 0.226 e. The highest BCUT2D eigenvalue weighted by Gasteiger charge is 2.05. The minimum atomic E-state index is -0.0183. The minimum absolute atomic E-state index is 0.0183. The summed E-state index contributed by atoms with van der Waals surface area (Å²) in [6.07, 6.45) is 2.90. The molecule has 0 unspecified atom stereocenters. The summed E-state index contributed by atoms with van der Waals surface area (Å²) in [5.74, 6) is 0.782. The fourth-order valence-electron chi connectivity index (χ4n) is 3.13. The molecule has 160 valence electrons. The first-order valence-electron chi connectivity index (χ1n) is 10.5. The first-order valence-corrected chi connectivity index (χ1v) is 11.3. The van der Waals surface area contributed by atoms with Crippen molar-refractivity contribution in [1.82, 2.24) is 9.97 Å². The van der Waals surface area contributed by atoms with Crippen LogP contribution in [0, 0.1) is 0 Å². The molecule has 4 aromatic rings. The van der Waals surface area contributed by atoms with E-state index in [4.69, 9.17) is 0 Å². The number of rotatable bonds is 9. The molecule has 1 amide bonds. The summed E-state index contributed by atoms with van der Waals surface area (Å²) >= 11 is 1.58. The molecule has 0 aliphatic rings. The first-order chi connectivity index (χ1) is 15.7. The molecule has 1 heterocycles. The molecule has 0 spiro atoms. The Hall–Kier alpha value is -3.64. The van der Waals surface area contributed by atoms with Crippen molar-refractivity contribution in [2.75, 3.05) is 17.2 Å². The average molecular weight is 441 g/mol. The van der Waals surface area contributed by atoms with Crippen molar-refractivity contribution < 1.29 is 4.79 Å². The maximum atomic E-state index is 12.2. The van der Waals surface area contributed by atoms with E-state index in [0.29, 0.717) is 19.4 Å². The summed E-state index contributed by atoms with van der Waals surface area (Å²) < 4.78 is 0. The lowest BCUT2D eigenvalue weighted by atomic mass is 10.1. The Kier molecular flexibility index (Phi) is 7.50. The van der Waals surface area contributed by atoms with Crippen LogP contribution in [0.2, 0.25) is 0 Å². The fourth-order valence-corrected chi connectivity index (χ4v) is 3.92. The van der Waals surface area contributed by atoms with E-state index in [1.54, 1.807) is 18.0 Å². The third-order valence-corrected chi connectivity index (χ3v) is 5.64. The molecule has 0 atom stereocenters. The van der Waals surface area contributed by atoms with Gasteiger partial charge in [-0.2, -0.15) is 0 Å². The van der Waals surface area contributed by atoms with Crippen LogP contribution in [-0.2, 0) is 11.2 Å². The van der Waals surface area contributed by atoms with E-state index in [1.165, 1.54) is 5.56 Å². The molecule has 0 radical (unpaired) electrons. The third kappa shape index (κ3) is 6.68. The van der Waals surface area contributed by atoms with Crippen LogP contribution in [0.4, 0.5) is 11.4 Å². The van der Waals surface area contributed by atoms with Gasteiger partial charge in [-0.25, -0.2) is 9.97 Å². The molecular weight excluding hydrogens is 416 g/mol. The molecule has 0 aliphatic heterocycles. The predicted octanol–water partition coefficient (Wildman–Crippen LogP) is 5.66. The highest BCUT2D eigenvalue weighted by Crippen LogP contribution is 2.27. The third-order valence-electron chi connectivity index (χ3n) is 4.70. The van der Waals surface area contributed by atoms with Crippen molar-refractivity contribution in [3.05, 3.63) is 109 Å². The summed E-state index contributed by atoms with van der Waals surface area (Å²) in [6, 6.07) is 29.8. The molecular formula is C26H24N4OS. The maximum Gasteiger partial charge on any atom is 0.226 e. The second-order valence-corrected chi connectivity index (χ2v) is 8.28. The van der Waals surface area contributed by atoms with E-state index in [9.17, 15) is 4.79 Å². The lowest BCUT2D eigenvalue weighted by molar-refractivity contribution is -0.115. The number of para-hydroxylation sites is 1. The molecule has 32 heavy (non-hydrogen) atoms. The molecule has 0 saturated carbocycles. The lowest BCUT2D eigenvalue weighted by Gasteiger charge is -2.08. The highest BCUT2D eigenvalue weighted by molar-refractivity contribution is 7.99. The van der Waals surface area contributed by atoms with E-state index < -0.39 is 0 Å². The van der Waals surface area contributed by atoms with Gasteiger partial charge in [-0.1, -0.05) is 60.3 Å². The van der Waals surface area contributed by atoms with Crippen molar-refractivity contribution in [3.8, 4) is 0 Å². The van der Waals surface area contributed by atoms with E-state index in [0.717, 1.165) is 27.1 Å². The van der Waals surface area contributed by atoms with Gasteiger partial charge in [0.15, 0.2) is 0 Å². The molecule has 3 aromatic carbocycles. The van der Waals surface area contributed by atoms with Gasteiger partial charge in [-0.3, -0.25) is 4.79 Å². The Balaban J connectivity index is 1.27. The summed E-state index contributed by atoms with van der Waals surface area (Å²) in [5, 5.41) is 7.08. The largest absolute Gasteiger partial charge is 0.385 e. The molecule has 0 fully saturated rings. The van der Waals surface area contributed by atoms with Crippen LogP contribution in [0.1, 0.15) is 17.8 Å². The zero-order chi connectivity index (χ0) is 22.0. The number of carbonyl (C=O) groups is 1. The zero-order valence-electron chi connectivity index (χ0n) is 17.6. The van der Waals surface area contributed by atoms with Gasteiger partial charge in [0.05, 0.1) is 0 Å². The van der Waals surface area contributed by atoms with Crippen LogP contribution >= 0.6 is 11.8 Å². The zero-order valence-corrected chi connectivity index (χ0v) is 18.4. The SMILES string of the molecule is O=C(CCNc1ccccc1)Nc1ccc(Sc2ccnc(Cc3ccccc3)n2)cc1. The van der Waals surface area contributed by atoms with Gasteiger partial charge < -0.3 is 10.6 Å². The van der Waals surface area contributed by atoms with Crippen molar-refractivity contribution >= 4 is 29.0 Å². The summed E-state index contributed by atoms with van der Waals surface area (Å²) in [4.78, 5) is 22.3.